The van der Waals surface area contributed by atoms with Gasteiger partial charge in [-0.2, -0.15) is 37.0 Å². The monoisotopic (exact) mass is 1020 g/mol. The molecule has 0 aliphatic rings. The number of nitrogens with one attached hydrogen (secondary N) is 8. The molecule has 0 aromatic heterocycles. The highest BCUT2D eigenvalue weighted by Crippen LogP contribution is 2.11. The van der Waals surface area contributed by atoms with Crippen LogP contribution in [0.3, 0.4) is 0 Å². The lowest BCUT2D eigenvalue weighted by Gasteiger charge is -2.28. The average Bonchev–Trinajstić information content (AvgIpc) is 3.25. The Labute approximate surface area is 409 Å². The predicted molar refractivity (Wildman–Crippen MR) is 258 cm³/mol. The van der Waals surface area contributed by atoms with Crippen LogP contribution in [-0.2, 0) is 52.7 Å². The summed E-state index contributed by atoms with van der Waals surface area (Å²) in [5.41, 5.74) is 22.0. The van der Waals surface area contributed by atoms with Crippen LogP contribution in [0.1, 0.15) is 72.6 Å². The maximum Gasteiger partial charge on any atom is 0.327 e. The van der Waals surface area contributed by atoms with Crippen molar-refractivity contribution in [2.24, 2.45) is 39.8 Å². The average molecular weight is 1020 g/mol. The van der Waals surface area contributed by atoms with Gasteiger partial charge in [0.15, 0.2) is 5.96 Å². The minimum absolute atomic E-state index is 0.000358. The first kappa shape index (κ1) is 62.4. The third-order valence-corrected chi connectivity index (χ3v) is 10.9. The number of carbonyl (C=O) groups is 11. The van der Waals surface area contributed by atoms with E-state index in [4.69, 9.17) is 22.9 Å². The van der Waals surface area contributed by atoms with Crippen molar-refractivity contribution in [3.63, 3.8) is 0 Å². The Morgan fingerprint density at radius 3 is 1.60 bits per heavy atom. The standard InChI is InChI=1S/C39H69N13O13S3/c1-18(2)13-24(50-37(63)30(19(3)4)52-31(57)20(40)16-66)36(62)49-25(14-27(41)53)32(58)45-15-28(54)46-21(7-6-11-44-39(42)43)33(59)48-23(10-12-68-5)35(61)47-22(8-9-29(55)56)34(60)51-26(17-67)38(64)65/h18-26,30,66-67H,6-17,40H2,1-5H3,(H2,41,53)(H,45,58)(H,46,54)(H,47,61)(H,48,59)(H,49,62)(H,50,63)(H,51,60)(H,52,57)(H,55,56)(H,64,65)(H4,42,43,44)/t20-,21-,22-,23-,24-,25-,26-,30-/m0/s1. The molecular weight excluding hydrogens is 955 g/mol. The van der Waals surface area contributed by atoms with Gasteiger partial charge in [-0.15, -0.1) is 0 Å². The summed E-state index contributed by atoms with van der Waals surface area (Å²) >= 11 is 9.19. The van der Waals surface area contributed by atoms with Gasteiger partial charge < -0.3 is 75.7 Å². The molecule has 26 nitrogen and oxygen atoms in total. The molecule has 0 bridgehead atoms. The van der Waals surface area contributed by atoms with Crippen LogP contribution < -0.4 is 65.5 Å². The van der Waals surface area contributed by atoms with Crippen molar-refractivity contribution in [1.29, 1.82) is 0 Å². The minimum Gasteiger partial charge on any atom is -0.481 e. The number of carboxylic acids is 2. The first-order valence-electron chi connectivity index (χ1n) is 21.4. The Morgan fingerprint density at radius 1 is 0.618 bits per heavy atom. The number of aliphatic carboxylic acids is 2. The predicted octanol–water partition coefficient (Wildman–Crippen LogP) is -4.98. The molecule has 8 atom stereocenters. The van der Waals surface area contributed by atoms with Crippen molar-refractivity contribution in [2.45, 2.75) is 121 Å². The largest absolute Gasteiger partial charge is 0.481 e. The second kappa shape index (κ2) is 33.0. The van der Waals surface area contributed by atoms with Gasteiger partial charge in [-0.3, -0.25) is 52.9 Å². The fraction of sp³-hybridized carbons (Fsp3) is 0.692. The van der Waals surface area contributed by atoms with Gasteiger partial charge in [0, 0.05) is 24.5 Å². The summed E-state index contributed by atoms with van der Waals surface area (Å²) in [6.45, 7) is 6.01. The van der Waals surface area contributed by atoms with E-state index in [0.717, 1.165) is 0 Å². The summed E-state index contributed by atoms with van der Waals surface area (Å²) in [7, 11) is 0. The molecule has 0 aliphatic carbocycles. The van der Waals surface area contributed by atoms with Crippen LogP contribution in [0.2, 0.25) is 0 Å². The summed E-state index contributed by atoms with van der Waals surface area (Å²) in [6, 6.07) is -10.9. The van der Waals surface area contributed by atoms with Gasteiger partial charge in [0.2, 0.25) is 53.2 Å². The van der Waals surface area contributed by atoms with Crippen molar-refractivity contribution >= 4 is 108 Å². The van der Waals surface area contributed by atoms with Crippen molar-refractivity contribution in [3.05, 3.63) is 0 Å². The van der Waals surface area contributed by atoms with Gasteiger partial charge in [0.25, 0.3) is 0 Å². The lowest BCUT2D eigenvalue weighted by Crippen LogP contribution is -2.60. The summed E-state index contributed by atoms with van der Waals surface area (Å²) < 4.78 is 0. The molecule has 0 rings (SSSR count). The molecule has 0 fully saturated rings. The number of rotatable bonds is 34. The van der Waals surface area contributed by atoms with Crippen molar-refractivity contribution in [2.75, 3.05) is 36.6 Å². The summed E-state index contributed by atoms with van der Waals surface area (Å²) in [5, 5.41) is 37.9. The van der Waals surface area contributed by atoms with Crippen LogP contribution in [0.25, 0.3) is 0 Å². The Hall–Kier alpha value is -5.55. The summed E-state index contributed by atoms with van der Waals surface area (Å²) in [5.74, 6) is -11.9. The number of nitrogens with two attached hydrogens (primary N) is 4. The summed E-state index contributed by atoms with van der Waals surface area (Å²) in [4.78, 5) is 145. The quantitative estimate of drug-likeness (QED) is 0.0124. The maximum atomic E-state index is 13.8. The molecule has 29 heteroatoms. The number of primary amides is 1. The van der Waals surface area contributed by atoms with Crippen LogP contribution >= 0.6 is 37.0 Å². The van der Waals surface area contributed by atoms with E-state index in [9.17, 15) is 63.0 Å². The molecule has 0 saturated carbocycles. The lowest BCUT2D eigenvalue weighted by atomic mass is 9.99. The fourth-order valence-corrected chi connectivity index (χ4v) is 6.76. The Bertz CT molecular complexity index is 1790. The van der Waals surface area contributed by atoms with E-state index in [2.05, 4.69) is 72.8 Å². The highest BCUT2D eigenvalue weighted by Gasteiger charge is 2.34. The first-order valence-corrected chi connectivity index (χ1v) is 24.1. The van der Waals surface area contributed by atoms with Gasteiger partial charge in [-0.1, -0.05) is 27.7 Å². The zero-order valence-corrected chi connectivity index (χ0v) is 41.3. The van der Waals surface area contributed by atoms with Gasteiger partial charge in [-0.25, -0.2) is 4.79 Å². The molecule has 0 aromatic rings. The van der Waals surface area contributed by atoms with Gasteiger partial charge in [0.1, 0.15) is 42.3 Å². The van der Waals surface area contributed by atoms with E-state index in [0.29, 0.717) is 0 Å². The van der Waals surface area contributed by atoms with E-state index >= 15 is 0 Å². The number of hydrogen-bond acceptors (Lipinski definition) is 16. The smallest absolute Gasteiger partial charge is 0.327 e. The zero-order valence-electron chi connectivity index (χ0n) is 38.7. The molecule has 9 amide bonds. The molecular formula is C39H69N13O13S3. The SMILES string of the molecule is CSCC[C@H](NC(=O)[C@H](CCCN=C(N)N)NC(=O)CNC(=O)[C@H](CC(N)=O)NC(=O)[C@H](CC(C)C)NC(=O)[C@@H](NC(=O)[C@@H](N)CS)C(C)C)C(=O)N[C@@H](CCC(=O)O)C(=O)N[C@@H](CS)C(=O)O. The van der Waals surface area contributed by atoms with Crippen molar-refractivity contribution in [3.8, 4) is 0 Å². The lowest BCUT2D eigenvalue weighted by molar-refractivity contribution is -0.142. The van der Waals surface area contributed by atoms with Crippen LogP contribution in [0, 0.1) is 11.8 Å². The molecule has 0 aromatic carbocycles. The third kappa shape index (κ3) is 25.5. The molecule has 0 spiro atoms. The van der Waals surface area contributed by atoms with Gasteiger partial charge in [-0.05, 0) is 55.9 Å². The maximum absolute atomic E-state index is 13.8. The molecule has 0 heterocycles. The normalized spacial score (nSPS) is 14.5. The van der Waals surface area contributed by atoms with E-state index in [1.165, 1.54) is 11.8 Å². The number of thioether (sulfide) groups is 1. The number of carbonyl (C=O) groups excluding carboxylic acids is 9. The number of nitrogens with zero attached hydrogens (tertiary/aromatic N) is 1. The van der Waals surface area contributed by atoms with Gasteiger partial charge >= 0.3 is 11.9 Å². The number of aliphatic imine (C=N–C) groups is 1. The van der Waals surface area contributed by atoms with Gasteiger partial charge in [0.05, 0.1) is 19.0 Å². The molecule has 0 radical (unpaired) electrons. The van der Waals surface area contributed by atoms with Crippen LogP contribution in [0.15, 0.2) is 4.99 Å². The Morgan fingerprint density at radius 2 is 1.13 bits per heavy atom. The second-order valence-electron chi connectivity index (χ2n) is 16.1. The number of thiol groups is 2. The molecule has 0 unspecified atom stereocenters. The first-order chi connectivity index (χ1) is 31.8. The number of guanidine groups is 1. The zero-order chi connectivity index (χ0) is 52.3. The van der Waals surface area contributed by atoms with E-state index in [1.54, 1.807) is 34.0 Å². The topological polar surface area (TPSA) is 441 Å². The van der Waals surface area contributed by atoms with Crippen molar-refractivity contribution in [1.82, 2.24) is 42.5 Å². The second-order valence-corrected chi connectivity index (χ2v) is 17.9. The van der Waals surface area contributed by atoms with E-state index in [-0.39, 0.29) is 61.4 Å². The molecule has 18 N–H and O–H groups in total. The highest BCUT2D eigenvalue weighted by molar-refractivity contribution is 7.98. The Balaban J connectivity index is 6.35. The third-order valence-electron chi connectivity index (χ3n) is 9.50. The van der Waals surface area contributed by atoms with Crippen LogP contribution in [0.4, 0.5) is 0 Å². The molecule has 0 saturated heterocycles. The molecule has 0 aliphatic heterocycles. The van der Waals surface area contributed by atoms with Crippen LogP contribution in [-0.4, -0.2) is 166 Å². The number of carboxylic acid groups (broad SMARTS) is 2. The fourth-order valence-electron chi connectivity index (χ4n) is 5.88. The number of hydrogen-bond donors (Lipinski definition) is 16. The van der Waals surface area contributed by atoms with Crippen molar-refractivity contribution < 1.29 is 63.0 Å². The highest BCUT2D eigenvalue weighted by atomic mass is 32.2. The van der Waals surface area contributed by atoms with E-state index in [1.807, 2.05) is 0 Å². The summed E-state index contributed by atoms with van der Waals surface area (Å²) in [6.07, 6.45) is -0.0771. The minimum atomic E-state index is -1.66. The molecule has 68 heavy (non-hydrogen) atoms. The van der Waals surface area contributed by atoms with Crippen LogP contribution in [0.5, 0.6) is 0 Å². The number of amides is 9. The van der Waals surface area contributed by atoms with E-state index < -0.39 is 145 Å². The Kier molecular flexibility index (Phi) is 30.3. The molecule has 386 valence electrons.